The normalized spacial score (nSPS) is 28.6. The summed E-state index contributed by atoms with van der Waals surface area (Å²) >= 11 is 0. The van der Waals surface area contributed by atoms with Gasteiger partial charge in [0.2, 0.25) is 0 Å². The van der Waals surface area contributed by atoms with Gasteiger partial charge in [0, 0.05) is 0 Å². The first-order valence-corrected chi connectivity index (χ1v) is 12.8. The molecular weight excluding hydrogens is 388 g/mol. The Labute approximate surface area is 191 Å². The van der Waals surface area contributed by atoms with Crippen LogP contribution in [0.5, 0.6) is 0 Å². The lowest BCUT2D eigenvalue weighted by molar-refractivity contribution is -0.187. The molecule has 0 aromatic carbocycles. The first-order valence-electron chi connectivity index (χ1n) is 12.8. The molecule has 0 heterocycles. The molecule has 5 unspecified atom stereocenters. The molecule has 1 fully saturated rings. The van der Waals surface area contributed by atoms with Gasteiger partial charge in [-0.15, -0.1) is 0 Å². The minimum Gasteiger partial charge on any atom is -0.481 e. The molecule has 1 aliphatic carbocycles. The summed E-state index contributed by atoms with van der Waals surface area (Å²) in [5, 5.41) is 21.1. The molecule has 0 saturated heterocycles. The van der Waals surface area contributed by atoms with Crippen LogP contribution < -0.4 is 0 Å². The number of carboxylic acid groups (broad SMARTS) is 2. The number of carbonyl (C=O) groups is 2. The minimum atomic E-state index is -1.17. The highest BCUT2D eigenvalue weighted by atomic mass is 16.4. The van der Waals surface area contributed by atoms with Crippen LogP contribution in [-0.2, 0) is 9.59 Å². The summed E-state index contributed by atoms with van der Waals surface area (Å²) < 4.78 is 0. The highest BCUT2D eigenvalue weighted by molar-refractivity contribution is 5.87. The van der Waals surface area contributed by atoms with Gasteiger partial charge in [-0.05, 0) is 61.7 Å². The van der Waals surface area contributed by atoms with E-state index in [1.807, 2.05) is 0 Å². The van der Waals surface area contributed by atoms with E-state index in [0.29, 0.717) is 37.5 Å². The molecule has 5 atom stereocenters. The Morgan fingerprint density at radius 1 is 0.774 bits per heavy atom. The van der Waals surface area contributed by atoms with Crippen LogP contribution in [0.25, 0.3) is 0 Å². The van der Waals surface area contributed by atoms with E-state index in [1.54, 1.807) is 0 Å². The number of hydrogen-bond acceptors (Lipinski definition) is 2. The molecule has 4 heteroatoms. The van der Waals surface area contributed by atoms with Crippen molar-refractivity contribution < 1.29 is 19.8 Å². The lowest BCUT2D eigenvalue weighted by Gasteiger charge is -2.52. The third-order valence-corrected chi connectivity index (χ3v) is 7.85. The topological polar surface area (TPSA) is 74.6 Å². The zero-order valence-electron chi connectivity index (χ0n) is 21.4. The Kier molecular flexibility index (Phi) is 11.1. The Balaban J connectivity index is 3.17. The summed E-state index contributed by atoms with van der Waals surface area (Å²) in [7, 11) is 0. The van der Waals surface area contributed by atoms with Crippen LogP contribution >= 0.6 is 0 Å². The zero-order chi connectivity index (χ0) is 23.8. The Bertz CT molecular complexity index is 570. The van der Waals surface area contributed by atoms with Gasteiger partial charge in [-0.2, -0.15) is 0 Å². The van der Waals surface area contributed by atoms with Crippen LogP contribution in [-0.4, -0.2) is 22.2 Å². The maximum atomic E-state index is 12.9. The van der Waals surface area contributed by atoms with Crippen molar-refractivity contribution in [3.8, 4) is 0 Å². The zero-order valence-corrected chi connectivity index (χ0v) is 21.4. The van der Waals surface area contributed by atoms with Crippen molar-refractivity contribution in [2.24, 2.45) is 40.4 Å². The predicted molar refractivity (Wildman–Crippen MR) is 128 cm³/mol. The average molecular weight is 439 g/mol. The summed E-state index contributed by atoms with van der Waals surface area (Å²) in [6.07, 6.45) is 9.13. The largest absolute Gasteiger partial charge is 0.481 e. The summed E-state index contributed by atoms with van der Waals surface area (Å²) in [6.45, 7) is 15.2. The number of carboxylic acids is 2. The monoisotopic (exact) mass is 438 g/mol. The molecule has 1 saturated carbocycles. The van der Waals surface area contributed by atoms with Gasteiger partial charge >= 0.3 is 11.9 Å². The standard InChI is InChI=1S/C27H50O4/c1-19(2)10-8-12-21(5)16-26(24(28)29)15-14-23(7)18-27(26,25(30)31)17-22(6)13-9-11-20(3)4/h19-23H,8-18H2,1-7H3,(H,28,29)(H,30,31). The molecule has 1 rings (SSSR count). The lowest BCUT2D eigenvalue weighted by atomic mass is 9.49. The van der Waals surface area contributed by atoms with E-state index in [-0.39, 0.29) is 17.8 Å². The SMILES string of the molecule is CC(C)CCCC(C)CC1(C(=O)O)CCC(C)CC1(CC(C)CCCC(C)C)C(=O)O. The van der Waals surface area contributed by atoms with Crippen LogP contribution in [0.4, 0.5) is 0 Å². The molecule has 0 aromatic heterocycles. The van der Waals surface area contributed by atoms with Gasteiger partial charge < -0.3 is 10.2 Å². The van der Waals surface area contributed by atoms with E-state index >= 15 is 0 Å². The van der Waals surface area contributed by atoms with Crippen molar-refractivity contribution in [1.82, 2.24) is 0 Å². The average Bonchev–Trinajstić information content (AvgIpc) is 2.62. The molecule has 182 valence electrons. The van der Waals surface area contributed by atoms with Gasteiger partial charge in [-0.3, -0.25) is 9.59 Å². The molecule has 0 amide bonds. The molecule has 31 heavy (non-hydrogen) atoms. The van der Waals surface area contributed by atoms with Crippen molar-refractivity contribution in [3.05, 3.63) is 0 Å². The Morgan fingerprint density at radius 2 is 1.19 bits per heavy atom. The summed E-state index contributed by atoms with van der Waals surface area (Å²) in [5.74, 6) is 0.204. The molecule has 0 bridgehead atoms. The van der Waals surface area contributed by atoms with E-state index in [9.17, 15) is 19.8 Å². The smallest absolute Gasteiger partial charge is 0.310 e. The second-order valence-electron chi connectivity index (χ2n) is 11.9. The maximum Gasteiger partial charge on any atom is 0.310 e. The molecule has 4 nitrogen and oxygen atoms in total. The van der Waals surface area contributed by atoms with Crippen LogP contribution in [0, 0.1) is 40.4 Å². The first kappa shape index (κ1) is 28.0. The van der Waals surface area contributed by atoms with Crippen LogP contribution in [0.2, 0.25) is 0 Å². The van der Waals surface area contributed by atoms with Gasteiger partial charge in [0.1, 0.15) is 0 Å². The molecule has 0 aromatic rings. The van der Waals surface area contributed by atoms with E-state index < -0.39 is 22.8 Å². The van der Waals surface area contributed by atoms with Crippen molar-refractivity contribution in [2.75, 3.05) is 0 Å². The Morgan fingerprint density at radius 3 is 1.58 bits per heavy atom. The van der Waals surface area contributed by atoms with Crippen molar-refractivity contribution in [3.63, 3.8) is 0 Å². The fraction of sp³-hybridized carbons (Fsp3) is 0.926. The Hall–Kier alpha value is -1.06. The van der Waals surface area contributed by atoms with Crippen LogP contribution in [0.15, 0.2) is 0 Å². The van der Waals surface area contributed by atoms with E-state index in [4.69, 9.17) is 0 Å². The number of rotatable bonds is 14. The highest BCUT2D eigenvalue weighted by Gasteiger charge is 2.63. The summed E-state index contributed by atoms with van der Waals surface area (Å²) in [5.41, 5.74) is -2.32. The number of hydrogen-bond donors (Lipinski definition) is 2. The highest BCUT2D eigenvalue weighted by Crippen LogP contribution is 2.59. The van der Waals surface area contributed by atoms with Gasteiger partial charge in [0.05, 0.1) is 10.8 Å². The van der Waals surface area contributed by atoms with E-state index in [1.165, 1.54) is 0 Å². The molecule has 2 N–H and O–H groups in total. The summed E-state index contributed by atoms with van der Waals surface area (Å²) in [4.78, 5) is 25.7. The molecule has 0 aliphatic heterocycles. The minimum absolute atomic E-state index is 0.218. The van der Waals surface area contributed by atoms with Gasteiger partial charge in [-0.25, -0.2) is 0 Å². The fourth-order valence-electron chi connectivity index (χ4n) is 6.12. The fourth-order valence-corrected chi connectivity index (χ4v) is 6.12. The molecule has 1 aliphatic rings. The molecule has 0 spiro atoms. The third kappa shape index (κ3) is 7.49. The van der Waals surface area contributed by atoms with E-state index in [0.717, 1.165) is 44.9 Å². The van der Waals surface area contributed by atoms with Crippen molar-refractivity contribution >= 4 is 11.9 Å². The van der Waals surface area contributed by atoms with Crippen LogP contribution in [0.1, 0.15) is 119 Å². The maximum absolute atomic E-state index is 12.9. The predicted octanol–water partition coefficient (Wildman–Crippen LogP) is 7.65. The molecule has 0 radical (unpaired) electrons. The quantitative estimate of drug-likeness (QED) is 0.292. The van der Waals surface area contributed by atoms with Crippen LogP contribution in [0.3, 0.4) is 0 Å². The number of aliphatic carboxylic acids is 2. The van der Waals surface area contributed by atoms with Gasteiger partial charge in [0.25, 0.3) is 0 Å². The first-order chi connectivity index (χ1) is 14.4. The summed E-state index contributed by atoms with van der Waals surface area (Å²) in [6, 6.07) is 0. The second-order valence-corrected chi connectivity index (χ2v) is 11.9. The van der Waals surface area contributed by atoms with Gasteiger partial charge in [-0.1, -0.05) is 87.0 Å². The lowest BCUT2D eigenvalue weighted by Crippen LogP contribution is -2.57. The third-order valence-electron chi connectivity index (χ3n) is 7.85. The van der Waals surface area contributed by atoms with Crippen molar-refractivity contribution in [1.29, 1.82) is 0 Å². The molecular formula is C27H50O4. The van der Waals surface area contributed by atoms with E-state index in [2.05, 4.69) is 48.5 Å². The second kappa shape index (κ2) is 12.3. The van der Waals surface area contributed by atoms with Crippen molar-refractivity contribution in [2.45, 2.75) is 119 Å². The van der Waals surface area contributed by atoms with Gasteiger partial charge in [0.15, 0.2) is 0 Å².